The molecule has 0 bridgehead atoms. The number of benzene rings is 1. The van der Waals surface area contributed by atoms with Crippen LogP contribution in [-0.4, -0.2) is 17.1 Å². The van der Waals surface area contributed by atoms with Crippen LogP contribution in [0, 0.1) is 6.92 Å². The van der Waals surface area contributed by atoms with Crippen molar-refractivity contribution in [2.24, 2.45) is 0 Å². The minimum atomic E-state index is 0.0624. The van der Waals surface area contributed by atoms with Crippen LogP contribution >= 0.6 is 11.3 Å². The summed E-state index contributed by atoms with van der Waals surface area (Å²) in [5, 5.41) is 10.3. The molecule has 0 aliphatic carbocycles. The largest absolute Gasteiger partial charge is 0.391 e. The van der Waals surface area contributed by atoms with E-state index in [9.17, 15) is 5.11 Å². The van der Waals surface area contributed by atoms with Gasteiger partial charge in [-0.05, 0) is 25.0 Å². The fourth-order valence-corrected chi connectivity index (χ4v) is 2.99. The minimum absolute atomic E-state index is 0.0624. The van der Waals surface area contributed by atoms with Gasteiger partial charge in [0.25, 0.3) is 0 Å². The van der Waals surface area contributed by atoms with Crippen LogP contribution in [0.4, 0.5) is 10.8 Å². The summed E-state index contributed by atoms with van der Waals surface area (Å²) in [6.45, 7) is 6.34. The molecule has 0 aliphatic heterocycles. The standard InChI is InChI=1S/C15H20N2OS/c1-10(2)14-13(9-18)19-15(16-14)17(4)12-7-5-11(3)6-8-12/h5-8,10,18H,9H2,1-4H3. The third kappa shape index (κ3) is 2.96. The number of anilines is 2. The molecule has 0 radical (unpaired) electrons. The Balaban J connectivity index is 2.33. The van der Waals surface area contributed by atoms with Crippen LogP contribution in [0.2, 0.25) is 0 Å². The van der Waals surface area contributed by atoms with Gasteiger partial charge < -0.3 is 10.0 Å². The highest BCUT2D eigenvalue weighted by atomic mass is 32.1. The SMILES string of the molecule is Cc1ccc(N(C)c2nc(C(C)C)c(CO)s2)cc1. The van der Waals surface area contributed by atoms with Crippen molar-refractivity contribution in [3.63, 3.8) is 0 Å². The number of nitrogens with zero attached hydrogens (tertiary/aromatic N) is 2. The Kier molecular flexibility index (Phi) is 4.22. The number of aryl methyl sites for hydroxylation is 1. The third-order valence-corrected chi connectivity index (χ3v) is 4.25. The Morgan fingerprint density at radius 1 is 1.26 bits per heavy atom. The van der Waals surface area contributed by atoms with E-state index in [-0.39, 0.29) is 6.61 Å². The molecule has 0 saturated heterocycles. The molecular formula is C15H20N2OS. The van der Waals surface area contributed by atoms with Crippen LogP contribution in [0.15, 0.2) is 24.3 Å². The molecule has 0 atom stereocenters. The molecule has 0 aliphatic rings. The second kappa shape index (κ2) is 5.72. The van der Waals surface area contributed by atoms with Gasteiger partial charge in [-0.2, -0.15) is 0 Å². The Labute approximate surface area is 118 Å². The van der Waals surface area contributed by atoms with Crippen molar-refractivity contribution in [1.29, 1.82) is 0 Å². The summed E-state index contributed by atoms with van der Waals surface area (Å²) < 4.78 is 0. The smallest absolute Gasteiger partial charge is 0.190 e. The van der Waals surface area contributed by atoms with E-state index in [0.29, 0.717) is 5.92 Å². The normalized spacial score (nSPS) is 11.1. The Morgan fingerprint density at radius 2 is 1.89 bits per heavy atom. The predicted molar refractivity (Wildman–Crippen MR) is 81.4 cm³/mol. The van der Waals surface area contributed by atoms with Crippen LogP contribution in [0.25, 0.3) is 0 Å². The zero-order valence-electron chi connectivity index (χ0n) is 11.8. The first-order chi connectivity index (χ1) is 9.02. The maximum absolute atomic E-state index is 9.42. The summed E-state index contributed by atoms with van der Waals surface area (Å²) in [5.41, 5.74) is 3.36. The predicted octanol–water partition coefficient (Wildman–Crippen LogP) is 3.84. The molecule has 1 N–H and O–H groups in total. The average molecular weight is 276 g/mol. The molecule has 19 heavy (non-hydrogen) atoms. The number of rotatable bonds is 4. The van der Waals surface area contributed by atoms with E-state index in [0.717, 1.165) is 21.4 Å². The number of hydrogen-bond acceptors (Lipinski definition) is 4. The quantitative estimate of drug-likeness (QED) is 0.922. The highest BCUT2D eigenvalue weighted by Crippen LogP contribution is 2.33. The highest BCUT2D eigenvalue weighted by molar-refractivity contribution is 7.15. The van der Waals surface area contributed by atoms with Gasteiger partial charge in [-0.15, -0.1) is 0 Å². The van der Waals surface area contributed by atoms with Gasteiger partial charge in [0, 0.05) is 12.7 Å². The number of aromatic nitrogens is 1. The minimum Gasteiger partial charge on any atom is -0.391 e. The van der Waals surface area contributed by atoms with Crippen LogP contribution in [0.1, 0.15) is 35.9 Å². The van der Waals surface area contributed by atoms with Crippen molar-refractivity contribution < 1.29 is 5.11 Å². The lowest BCUT2D eigenvalue weighted by atomic mass is 10.1. The lowest BCUT2D eigenvalue weighted by Crippen LogP contribution is -2.09. The van der Waals surface area contributed by atoms with Crippen molar-refractivity contribution >= 4 is 22.2 Å². The second-order valence-corrected chi connectivity index (χ2v) is 6.07. The van der Waals surface area contributed by atoms with Crippen molar-refractivity contribution in [2.75, 3.05) is 11.9 Å². The van der Waals surface area contributed by atoms with Crippen molar-refractivity contribution in [3.8, 4) is 0 Å². The zero-order chi connectivity index (χ0) is 14.0. The van der Waals surface area contributed by atoms with E-state index in [1.165, 1.54) is 5.56 Å². The maximum atomic E-state index is 9.42. The van der Waals surface area contributed by atoms with Gasteiger partial charge in [-0.25, -0.2) is 4.98 Å². The molecule has 0 fully saturated rings. The summed E-state index contributed by atoms with van der Waals surface area (Å²) in [7, 11) is 2.01. The van der Waals surface area contributed by atoms with E-state index in [1.807, 2.05) is 7.05 Å². The average Bonchev–Trinajstić information content (AvgIpc) is 2.83. The molecule has 0 unspecified atom stereocenters. The number of hydrogen-bond donors (Lipinski definition) is 1. The zero-order valence-corrected chi connectivity index (χ0v) is 12.7. The first-order valence-electron chi connectivity index (χ1n) is 6.43. The maximum Gasteiger partial charge on any atom is 0.190 e. The number of aliphatic hydroxyl groups is 1. The highest BCUT2D eigenvalue weighted by Gasteiger charge is 2.16. The van der Waals surface area contributed by atoms with Crippen LogP contribution in [0.5, 0.6) is 0 Å². The Bertz CT molecular complexity index is 546. The number of thiazole rings is 1. The van der Waals surface area contributed by atoms with Crippen molar-refractivity contribution in [1.82, 2.24) is 4.98 Å². The molecule has 0 saturated carbocycles. The molecule has 2 aromatic rings. The summed E-state index contributed by atoms with van der Waals surface area (Å²) >= 11 is 1.56. The molecule has 102 valence electrons. The monoisotopic (exact) mass is 276 g/mol. The Morgan fingerprint density at radius 3 is 2.37 bits per heavy atom. The number of aliphatic hydroxyl groups excluding tert-OH is 1. The van der Waals surface area contributed by atoms with Crippen LogP contribution in [-0.2, 0) is 6.61 Å². The van der Waals surface area contributed by atoms with Gasteiger partial charge in [0.15, 0.2) is 5.13 Å². The lowest BCUT2D eigenvalue weighted by Gasteiger charge is -2.16. The summed E-state index contributed by atoms with van der Waals surface area (Å²) in [6.07, 6.45) is 0. The molecule has 2 rings (SSSR count). The fourth-order valence-electron chi connectivity index (χ4n) is 1.94. The fraction of sp³-hybridized carbons (Fsp3) is 0.400. The van der Waals surface area contributed by atoms with Gasteiger partial charge in [0.05, 0.1) is 17.2 Å². The van der Waals surface area contributed by atoms with E-state index in [2.05, 4.69) is 54.9 Å². The summed E-state index contributed by atoms with van der Waals surface area (Å²) in [5.74, 6) is 0.332. The van der Waals surface area contributed by atoms with Gasteiger partial charge in [0.1, 0.15) is 0 Å². The lowest BCUT2D eigenvalue weighted by molar-refractivity contribution is 0.283. The van der Waals surface area contributed by atoms with Gasteiger partial charge in [-0.3, -0.25) is 0 Å². The first kappa shape index (κ1) is 14.0. The molecule has 4 heteroatoms. The topological polar surface area (TPSA) is 36.4 Å². The third-order valence-electron chi connectivity index (χ3n) is 3.11. The summed E-state index contributed by atoms with van der Waals surface area (Å²) in [6, 6.07) is 8.36. The van der Waals surface area contributed by atoms with Crippen molar-refractivity contribution in [2.45, 2.75) is 33.3 Å². The van der Waals surface area contributed by atoms with E-state index in [1.54, 1.807) is 11.3 Å². The molecule has 0 spiro atoms. The van der Waals surface area contributed by atoms with Gasteiger partial charge in [0.2, 0.25) is 0 Å². The summed E-state index contributed by atoms with van der Waals surface area (Å²) in [4.78, 5) is 7.69. The molecular weight excluding hydrogens is 256 g/mol. The molecule has 1 aromatic carbocycles. The second-order valence-electron chi connectivity index (χ2n) is 5.01. The van der Waals surface area contributed by atoms with E-state index in [4.69, 9.17) is 0 Å². The molecule has 3 nitrogen and oxygen atoms in total. The van der Waals surface area contributed by atoms with Crippen molar-refractivity contribution in [3.05, 3.63) is 40.4 Å². The molecule has 0 amide bonds. The van der Waals surface area contributed by atoms with Gasteiger partial charge in [-0.1, -0.05) is 42.9 Å². The molecule has 1 heterocycles. The van der Waals surface area contributed by atoms with E-state index < -0.39 is 0 Å². The van der Waals surface area contributed by atoms with Gasteiger partial charge >= 0.3 is 0 Å². The van der Waals surface area contributed by atoms with Crippen LogP contribution in [0.3, 0.4) is 0 Å². The first-order valence-corrected chi connectivity index (χ1v) is 7.25. The molecule has 1 aromatic heterocycles. The van der Waals surface area contributed by atoms with Crippen LogP contribution < -0.4 is 4.90 Å². The Hall–Kier alpha value is -1.39. The van der Waals surface area contributed by atoms with E-state index >= 15 is 0 Å².